The van der Waals surface area contributed by atoms with E-state index in [1.165, 1.54) is 25.7 Å². The lowest BCUT2D eigenvalue weighted by atomic mass is 10.1. The number of hydrogen-bond donors (Lipinski definition) is 0. The van der Waals surface area contributed by atoms with E-state index < -0.39 is 0 Å². The van der Waals surface area contributed by atoms with Crippen molar-refractivity contribution in [1.29, 1.82) is 0 Å². The van der Waals surface area contributed by atoms with Gasteiger partial charge in [-0.15, -0.1) is 0 Å². The zero-order valence-corrected chi connectivity index (χ0v) is 18.1. The van der Waals surface area contributed by atoms with Crippen molar-refractivity contribution in [3.05, 3.63) is 0 Å². The van der Waals surface area contributed by atoms with E-state index in [1.54, 1.807) is 11.9 Å². The molecule has 1 atom stereocenters. The molecule has 0 aromatic carbocycles. The minimum atomic E-state index is -0.106. The summed E-state index contributed by atoms with van der Waals surface area (Å²) >= 11 is 5.35. The Morgan fingerprint density at radius 2 is 1.63 bits per heavy atom. The highest BCUT2D eigenvalue weighted by atomic mass is 32.1. The summed E-state index contributed by atoms with van der Waals surface area (Å²) in [6, 6.07) is -0.106. The topological polar surface area (TPSA) is 47.1 Å². The number of hydrogen-bond acceptors (Lipinski definition) is 4. The molecule has 2 heterocycles. The molecule has 0 aromatic rings. The van der Waals surface area contributed by atoms with Gasteiger partial charge in [-0.05, 0) is 44.9 Å². The van der Waals surface area contributed by atoms with Crippen molar-refractivity contribution in [2.45, 2.75) is 64.8 Å². The van der Waals surface area contributed by atoms with Gasteiger partial charge < -0.3 is 9.80 Å². The largest absolute Gasteiger partial charge is 0.340 e. The Bertz CT molecular complexity index is 520. The first-order valence-corrected chi connectivity index (χ1v) is 10.9. The molecule has 2 saturated heterocycles. The third kappa shape index (κ3) is 6.14. The van der Waals surface area contributed by atoms with Gasteiger partial charge in [0.25, 0.3) is 5.91 Å². The number of unbranched alkanes of at least 4 members (excludes halogenated alkanes) is 4. The number of piperazine rings is 1. The molecule has 2 aliphatic heterocycles. The minimum absolute atomic E-state index is 0.106. The van der Waals surface area contributed by atoms with Crippen LogP contribution in [0.1, 0.15) is 58.8 Å². The Labute approximate surface area is 169 Å². The van der Waals surface area contributed by atoms with Crippen LogP contribution in [0, 0.1) is 0 Å². The molecule has 2 aliphatic rings. The highest BCUT2D eigenvalue weighted by Gasteiger charge is 2.36. The Morgan fingerprint density at radius 1 is 1.04 bits per heavy atom. The van der Waals surface area contributed by atoms with Crippen LogP contribution in [0.25, 0.3) is 0 Å². The molecule has 0 saturated carbocycles. The van der Waals surface area contributed by atoms with E-state index in [9.17, 15) is 9.59 Å². The van der Waals surface area contributed by atoms with E-state index in [4.69, 9.17) is 12.2 Å². The maximum atomic E-state index is 11.9. The summed E-state index contributed by atoms with van der Waals surface area (Å²) in [5, 5.41) is 0.670. The quantitative estimate of drug-likeness (QED) is 0.419. The standard InChI is InChI=1S/C20H36N4O2S/c1-4-10-18(25)23-15-13-22(14-16-23)11-8-6-5-7-9-12-24-17(2)19(26)21(3)20(24)27/h17H,4-16H2,1-3H3. The van der Waals surface area contributed by atoms with Crippen molar-refractivity contribution in [3.8, 4) is 0 Å². The molecular formula is C20H36N4O2S. The van der Waals surface area contributed by atoms with Crippen molar-refractivity contribution in [1.82, 2.24) is 19.6 Å². The maximum Gasteiger partial charge on any atom is 0.250 e. The van der Waals surface area contributed by atoms with Crippen LogP contribution in [-0.4, -0.2) is 88.9 Å². The van der Waals surface area contributed by atoms with Gasteiger partial charge in [0.2, 0.25) is 5.91 Å². The number of carbonyl (C=O) groups is 2. The number of rotatable bonds is 10. The normalized spacial score (nSPS) is 21.4. The lowest BCUT2D eigenvalue weighted by Gasteiger charge is -2.34. The van der Waals surface area contributed by atoms with Gasteiger partial charge in [-0.3, -0.25) is 19.4 Å². The summed E-state index contributed by atoms with van der Waals surface area (Å²) in [5.41, 5.74) is 0. The smallest absolute Gasteiger partial charge is 0.250 e. The first kappa shape index (κ1) is 22.1. The predicted octanol–water partition coefficient (Wildman–Crippen LogP) is 2.33. The predicted molar refractivity (Wildman–Crippen MR) is 113 cm³/mol. The fourth-order valence-electron chi connectivity index (χ4n) is 3.90. The van der Waals surface area contributed by atoms with E-state index in [0.29, 0.717) is 17.4 Å². The number of carbonyl (C=O) groups excluding carboxylic acids is 2. The maximum absolute atomic E-state index is 11.9. The van der Waals surface area contributed by atoms with Crippen LogP contribution in [0.2, 0.25) is 0 Å². The second kappa shape index (κ2) is 11.0. The van der Waals surface area contributed by atoms with Gasteiger partial charge in [0.1, 0.15) is 6.04 Å². The fraction of sp³-hybridized carbons (Fsp3) is 0.850. The summed E-state index contributed by atoms with van der Waals surface area (Å²) in [6.45, 7) is 9.83. The fourth-order valence-corrected chi connectivity index (χ4v) is 4.24. The minimum Gasteiger partial charge on any atom is -0.340 e. The zero-order chi connectivity index (χ0) is 19.8. The summed E-state index contributed by atoms with van der Waals surface area (Å²) in [4.78, 5) is 32.0. The molecule has 0 N–H and O–H groups in total. The summed E-state index contributed by atoms with van der Waals surface area (Å²) in [5.74, 6) is 0.424. The lowest BCUT2D eigenvalue weighted by Crippen LogP contribution is -2.48. The molecule has 0 aromatic heterocycles. The van der Waals surface area contributed by atoms with Gasteiger partial charge in [-0.2, -0.15) is 0 Å². The molecule has 27 heavy (non-hydrogen) atoms. The van der Waals surface area contributed by atoms with Crippen molar-refractivity contribution >= 4 is 29.1 Å². The van der Waals surface area contributed by atoms with Gasteiger partial charge in [0.05, 0.1) is 0 Å². The first-order valence-electron chi connectivity index (χ1n) is 10.5. The number of likely N-dealkylation sites (N-methyl/N-ethyl adjacent to an activating group) is 1. The van der Waals surface area contributed by atoms with Crippen LogP contribution in [0.4, 0.5) is 0 Å². The molecule has 2 amide bonds. The Morgan fingerprint density at radius 3 is 2.19 bits per heavy atom. The highest BCUT2D eigenvalue weighted by molar-refractivity contribution is 7.80. The summed E-state index contributed by atoms with van der Waals surface area (Å²) in [7, 11) is 1.76. The number of amides is 2. The zero-order valence-electron chi connectivity index (χ0n) is 17.3. The molecule has 7 heteroatoms. The van der Waals surface area contributed by atoms with Gasteiger partial charge in [0, 0.05) is 46.2 Å². The first-order chi connectivity index (χ1) is 13.0. The average Bonchev–Trinajstić information content (AvgIpc) is 2.85. The van der Waals surface area contributed by atoms with E-state index >= 15 is 0 Å². The van der Waals surface area contributed by atoms with Crippen LogP contribution >= 0.6 is 12.2 Å². The van der Waals surface area contributed by atoms with Gasteiger partial charge in [-0.1, -0.05) is 26.2 Å². The third-order valence-corrected chi connectivity index (χ3v) is 6.26. The Kier molecular flexibility index (Phi) is 8.96. The van der Waals surface area contributed by atoms with E-state index in [0.717, 1.165) is 52.1 Å². The van der Waals surface area contributed by atoms with Gasteiger partial charge >= 0.3 is 0 Å². The van der Waals surface area contributed by atoms with Gasteiger partial charge in [0.15, 0.2) is 5.11 Å². The molecule has 1 unspecified atom stereocenters. The molecule has 2 rings (SSSR count). The van der Waals surface area contributed by atoms with Crippen LogP contribution in [0.15, 0.2) is 0 Å². The van der Waals surface area contributed by atoms with Crippen molar-refractivity contribution in [2.75, 3.05) is 46.3 Å². The lowest BCUT2D eigenvalue weighted by molar-refractivity contribution is -0.133. The highest BCUT2D eigenvalue weighted by Crippen LogP contribution is 2.17. The summed E-state index contributed by atoms with van der Waals surface area (Å²) < 4.78 is 0. The molecule has 2 fully saturated rings. The molecule has 154 valence electrons. The molecule has 0 spiro atoms. The van der Waals surface area contributed by atoms with Crippen molar-refractivity contribution in [3.63, 3.8) is 0 Å². The SMILES string of the molecule is CCCC(=O)N1CCN(CCCCCCCN2C(=S)N(C)C(=O)C2C)CC1. The molecular weight excluding hydrogens is 360 g/mol. The average molecular weight is 397 g/mol. The van der Waals surface area contributed by atoms with Crippen molar-refractivity contribution < 1.29 is 9.59 Å². The Balaban J connectivity index is 1.49. The van der Waals surface area contributed by atoms with Crippen LogP contribution < -0.4 is 0 Å². The third-order valence-electron chi connectivity index (χ3n) is 5.75. The Hall–Kier alpha value is -1.21. The summed E-state index contributed by atoms with van der Waals surface area (Å²) in [6.07, 6.45) is 7.59. The monoisotopic (exact) mass is 396 g/mol. The second-order valence-corrected chi connectivity index (χ2v) is 8.15. The van der Waals surface area contributed by atoms with Crippen LogP contribution in [0.3, 0.4) is 0 Å². The van der Waals surface area contributed by atoms with Crippen molar-refractivity contribution in [2.24, 2.45) is 0 Å². The molecule has 0 radical (unpaired) electrons. The van der Waals surface area contributed by atoms with E-state index in [1.807, 2.05) is 11.8 Å². The van der Waals surface area contributed by atoms with Gasteiger partial charge in [-0.25, -0.2) is 0 Å². The molecule has 6 nitrogen and oxygen atoms in total. The molecule has 0 aliphatic carbocycles. The van der Waals surface area contributed by atoms with Crippen LogP contribution in [0.5, 0.6) is 0 Å². The van der Waals surface area contributed by atoms with Crippen LogP contribution in [-0.2, 0) is 9.59 Å². The van der Waals surface area contributed by atoms with E-state index in [2.05, 4.69) is 16.7 Å². The van der Waals surface area contributed by atoms with E-state index in [-0.39, 0.29) is 11.9 Å². The number of thiocarbonyl (C=S) groups is 1. The second-order valence-electron chi connectivity index (χ2n) is 7.79. The molecule has 0 bridgehead atoms. The number of nitrogens with zero attached hydrogens (tertiary/aromatic N) is 4.